The highest BCUT2D eigenvalue weighted by molar-refractivity contribution is 6.90. The highest BCUT2D eigenvalue weighted by Crippen LogP contribution is 2.24. The van der Waals surface area contributed by atoms with Crippen molar-refractivity contribution in [2.45, 2.75) is 12.1 Å². The van der Waals surface area contributed by atoms with E-state index in [-0.39, 0.29) is 13.2 Å². The molecule has 3 aromatic carbocycles. The molecular formula is C22H26O6Si3. The van der Waals surface area contributed by atoms with Gasteiger partial charge in [0.25, 0.3) is 0 Å². The van der Waals surface area contributed by atoms with Gasteiger partial charge in [0.05, 0.1) is 0 Å². The predicted octanol–water partition coefficient (Wildman–Crippen LogP) is 0.572. The Hall–Kier alpha value is -1.93. The zero-order chi connectivity index (χ0) is 21.8. The van der Waals surface area contributed by atoms with Crippen LogP contribution in [0.1, 0.15) is 0 Å². The molecule has 0 bridgehead atoms. The largest absolute Gasteiger partial charge is 0.523 e. The van der Waals surface area contributed by atoms with Gasteiger partial charge in [-0.25, -0.2) is 0 Å². The fraction of sp³-hybridized carbons (Fsp3) is 0.182. The van der Waals surface area contributed by atoms with Crippen molar-refractivity contribution >= 4 is 41.5 Å². The molecule has 3 aromatic rings. The molecule has 3 N–H and O–H groups in total. The molecule has 162 valence electrons. The molecule has 1 aliphatic heterocycles. The Balaban J connectivity index is 1.63. The van der Waals surface area contributed by atoms with Crippen LogP contribution < -0.4 is 15.6 Å². The summed E-state index contributed by atoms with van der Waals surface area (Å²) >= 11 is 0. The Kier molecular flexibility index (Phi) is 6.67. The summed E-state index contributed by atoms with van der Waals surface area (Å²) in [6.07, 6.45) is 0. The monoisotopic (exact) mass is 470 g/mol. The van der Waals surface area contributed by atoms with Crippen molar-refractivity contribution in [1.29, 1.82) is 0 Å². The third kappa shape index (κ3) is 4.95. The van der Waals surface area contributed by atoms with Gasteiger partial charge in [0, 0.05) is 30.5 Å². The van der Waals surface area contributed by atoms with Gasteiger partial charge in [-0.15, -0.1) is 0 Å². The van der Waals surface area contributed by atoms with Crippen LogP contribution in [0.5, 0.6) is 0 Å². The zero-order valence-electron chi connectivity index (χ0n) is 17.1. The molecule has 6 nitrogen and oxygen atoms in total. The summed E-state index contributed by atoms with van der Waals surface area (Å²) in [7, 11) is -10.7. The molecule has 0 saturated carbocycles. The van der Waals surface area contributed by atoms with Gasteiger partial charge in [-0.2, -0.15) is 0 Å². The summed E-state index contributed by atoms with van der Waals surface area (Å²) in [6.45, 7) is 0.413. The summed E-state index contributed by atoms with van der Waals surface area (Å²) in [6, 6.07) is 28.1. The third-order valence-electron chi connectivity index (χ3n) is 5.44. The maximum absolute atomic E-state index is 11.2. The van der Waals surface area contributed by atoms with Gasteiger partial charge in [0.1, 0.15) is 0 Å². The maximum atomic E-state index is 11.2. The van der Waals surface area contributed by atoms with Crippen LogP contribution in [0, 0.1) is 0 Å². The first-order chi connectivity index (χ1) is 14.9. The van der Waals surface area contributed by atoms with Crippen LogP contribution in [0.4, 0.5) is 0 Å². The van der Waals surface area contributed by atoms with Gasteiger partial charge >= 0.3 is 25.9 Å². The zero-order valence-corrected chi connectivity index (χ0v) is 20.1. The Morgan fingerprint density at radius 2 is 1.19 bits per heavy atom. The van der Waals surface area contributed by atoms with E-state index >= 15 is 0 Å². The molecular weight excluding hydrogens is 444 g/mol. The van der Waals surface area contributed by atoms with Crippen LogP contribution in [0.3, 0.4) is 0 Å². The minimum Gasteiger partial charge on any atom is -0.407 e. The first-order valence-electron chi connectivity index (χ1n) is 10.3. The van der Waals surface area contributed by atoms with Crippen molar-refractivity contribution in [3.63, 3.8) is 0 Å². The fourth-order valence-corrected chi connectivity index (χ4v) is 12.5. The molecule has 1 heterocycles. The standard InChI is InChI=1S/C22H26O6Si3/c23-29(20-10-4-1-5-11-20)18-16-27-30(19-17-26-29,21-12-6-2-7-13-21)28-31(24,25)22-14-8-3-9-15-22/h1-15,23-25H,16-19H2. The highest BCUT2D eigenvalue weighted by atomic mass is 28.5. The maximum Gasteiger partial charge on any atom is 0.523 e. The molecule has 0 aliphatic carbocycles. The topological polar surface area (TPSA) is 88.4 Å². The lowest BCUT2D eigenvalue weighted by Crippen LogP contribution is -2.67. The molecule has 1 aliphatic rings. The van der Waals surface area contributed by atoms with Crippen molar-refractivity contribution in [3.8, 4) is 0 Å². The number of hydrogen-bond acceptors (Lipinski definition) is 6. The van der Waals surface area contributed by atoms with Crippen molar-refractivity contribution in [1.82, 2.24) is 0 Å². The van der Waals surface area contributed by atoms with E-state index in [1.807, 2.05) is 66.7 Å². The Morgan fingerprint density at radius 1 is 0.677 bits per heavy atom. The average molecular weight is 471 g/mol. The number of hydrogen-bond donors (Lipinski definition) is 3. The molecule has 1 fully saturated rings. The van der Waals surface area contributed by atoms with Gasteiger partial charge in [-0.1, -0.05) is 91.0 Å². The summed E-state index contributed by atoms with van der Waals surface area (Å²) < 4.78 is 18.6. The van der Waals surface area contributed by atoms with E-state index in [0.717, 1.165) is 10.4 Å². The molecule has 2 atom stereocenters. The van der Waals surface area contributed by atoms with Gasteiger partial charge in [-0.3, -0.25) is 0 Å². The Labute approximate surface area is 185 Å². The molecule has 0 radical (unpaired) electrons. The van der Waals surface area contributed by atoms with Crippen LogP contribution in [-0.2, 0) is 13.0 Å². The number of rotatable bonds is 5. The summed E-state index contributed by atoms with van der Waals surface area (Å²) in [4.78, 5) is 33.1. The molecule has 4 rings (SSSR count). The lowest BCUT2D eigenvalue weighted by atomic mass is 10.4. The minimum atomic E-state index is -4.23. The average Bonchev–Trinajstić information content (AvgIpc) is 2.79. The smallest absolute Gasteiger partial charge is 0.407 e. The van der Waals surface area contributed by atoms with Crippen LogP contribution in [0.2, 0.25) is 12.1 Å². The van der Waals surface area contributed by atoms with Crippen LogP contribution in [0.15, 0.2) is 91.0 Å². The summed E-state index contributed by atoms with van der Waals surface area (Å²) in [5, 5.41) is 1.96. The SMILES string of the molecule is O[Si](O)(O[Si]1(c2ccccc2)CCO[Si](O)(c2ccccc2)CCO1)c1ccccc1. The van der Waals surface area contributed by atoms with E-state index in [1.54, 1.807) is 24.3 Å². The molecule has 1 saturated heterocycles. The first kappa shape index (κ1) is 22.3. The van der Waals surface area contributed by atoms with Crippen molar-refractivity contribution in [2.75, 3.05) is 13.2 Å². The van der Waals surface area contributed by atoms with Gasteiger partial charge in [0.2, 0.25) is 0 Å². The minimum absolute atomic E-state index is 0.206. The van der Waals surface area contributed by atoms with Gasteiger partial charge in [-0.05, 0) is 10.4 Å². The second-order valence-corrected chi connectivity index (χ2v) is 16.0. The van der Waals surface area contributed by atoms with Crippen LogP contribution in [-0.4, -0.2) is 53.5 Å². The predicted molar refractivity (Wildman–Crippen MR) is 125 cm³/mol. The normalized spacial score (nSPS) is 24.9. The highest BCUT2D eigenvalue weighted by Gasteiger charge is 2.52. The lowest BCUT2D eigenvalue weighted by molar-refractivity contribution is 0.166. The van der Waals surface area contributed by atoms with Crippen molar-refractivity contribution in [3.05, 3.63) is 91.0 Å². The fourth-order valence-electron chi connectivity index (χ4n) is 3.78. The lowest BCUT2D eigenvalue weighted by Gasteiger charge is -2.38. The summed E-state index contributed by atoms with van der Waals surface area (Å²) in [5.41, 5.74) is 0. The van der Waals surface area contributed by atoms with E-state index in [2.05, 4.69) is 0 Å². The van der Waals surface area contributed by atoms with E-state index in [9.17, 15) is 14.4 Å². The third-order valence-corrected chi connectivity index (χ3v) is 14.5. The van der Waals surface area contributed by atoms with Crippen LogP contribution >= 0.6 is 0 Å². The Bertz CT molecular complexity index is 962. The van der Waals surface area contributed by atoms with Crippen molar-refractivity contribution < 1.29 is 27.4 Å². The van der Waals surface area contributed by atoms with Crippen molar-refractivity contribution in [2.24, 2.45) is 0 Å². The summed E-state index contributed by atoms with van der Waals surface area (Å²) in [5.74, 6) is 0. The molecule has 31 heavy (non-hydrogen) atoms. The van der Waals surface area contributed by atoms with Crippen LogP contribution in [0.25, 0.3) is 0 Å². The quantitative estimate of drug-likeness (QED) is 0.473. The van der Waals surface area contributed by atoms with Gasteiger partial charge in [0.15, 0.2) is 0 Å². The van der Waals surface area contributed by atoms with E-state index in [1.165, 1.54) is 0 Å². The molecule has 0 spiro atoms. The second-order valence-electron chi connectivity index (χ2n) is 7.54. The molecule has 0 amide bonds. The van der Waals surface area contributed by atoms with E-state index in [4.69, 9.17) is 13.0 Å². The first-order valence-corrected chi connectivity index (χ1v) is 16.1. The molecule has 9 heteroatoms. The molecule has 0 aromatic heterocycles. The Morgan fingerprint density at radius 3 is 1.81 bits per heavy atom. The van der Waals surface area contributed by atoms with E-state index < -0.39 is 25.9 Å². The molecule has 2 unspecified atom stereocenters. The van der Waals surface area contributed by atoms with Gasteiger partial charge < -0.3 is 27.4 Å². The number of benzene rings is 3. The van der Waals surface area contributed by atoms with E-state index in [0.29, 0.717) is 17.3 Å². The second kappa shape index (κ2) is 9.28.